The molecule has 2 rings (SSSR count). The van der Waals surface area contributed by atoms with E-state index in [1.165, 1.54) is 7.11 Å². The Balaban J connectivity index is 2.10. The molecule has 0 N–H and O–H groups in total. The van der Waals surface area contributed by atoms with Gasteiger partial charge in [-0.25, -0.2) is 0 Å². The molecule has 1 saturated carbocycles. The number of hydrogen-bond acceptors (Lipinski definition) is 5. The normalized spacial score (nSPS) is 29.4. The summed E-state index contributed by atoms with van der Waals surface area (Å²) in [7, 11) is 1.28. The Morgan fingerprint density at radius 2 is 2.13 bits per heavy atom. The molecule has 15 heavy (non-hydrogen) atoms. The average Bonchev–Trinajstić information content (AvgIpc) is 2.70. The summed E-state index contributed by atoms with van der Waals surface area (Å²) in [4.78, 5) is 22.9. The summed E-state index contributed by atoms with van der Waals surface area (Å²) in [6.07, 6.45) is 1.15. The number of Topliss-reactive ketones (excluding diaryl/α,β-unsaturated/α-hetero) is 1. The number of ketones is 1. The summed E-state index contributed by atoms with van der Waals surface area (Å²) in [5.41, 5.74) is 0. The van der Waals surface area contributed by atoms with E-state index in [1.807, 2.05) is 0 Å². The number of esters is 1. The molecule has 84 valence electrons. The maximum absolute atomic E-state index is 11.5. The number of carbonyl (C=O) groups excluding carboxylic acids is 2. The Bertz CT molecular complexity index is 272. The zero-order valence-corrected chi connectivity index (χ0v) is 8.65. The second kappa shape index (κ2) is 3.90. The fourth-order valence-corrected chi connectivity index (χ4v) is 2.13. The van der Waals surface area contributed by atoms with Crippen LogP contribution >= 0.6 is 0 Å². The third kappa shape index (κ3) is 1.89. The maximum atomic E-state index is 11.5. The molecular formula is C10H14O5. The first-order chi connectivity index (χ1) is 7.17. The highest BCUT2D eigenvalue weighted by Gasteiger charge is 2.47. The minimum Gasteiger partial charge on any atom is -0.468 e. The van der Waals surface area contributed by atoms with E-state index < -0.39 is 17.7 Å². The summed E-state index contributed by atoms with van der Waals surface area (Å²) in [6.45, 7) is 1.06. The zero-order valence-electron chi connectivity index (χ0n) is 8.65. The quantitative estimate of drug-likeness (QED) is 0.463. The van der Waals surface area contributed by atoms with Gasteiger partial charge in [0.2, 0.25) is 0 Å². The fraction of sp³-hybridized carbons (Fsp3) is 0.800. The van der Waals surface area contributed by atoms with Crippen LogP contribution in [-0.4, -0.2) is 37.9 Å². The molecule has 1 unspecified atom stereocenters. The van der Waals surface area contributed by atoms with E-state index in [0.717, 1.165) is 0 Å². The van der Waals surface area contributed by atoms with Gasteiger partial charge in [0.15, 0.2) is 5.79 Å². The Kier molecular flexibility index (Phi) is 2.75. The van der Waals surface area contributed by atoms with Crippen molar-refractivity contribution in [3.05, 3.63) is 0 Å². The van der Waals surface area contributed by atoms with Crippen LogP contribution in [0.3, 0.4) is 0 Å². The lowest BCUT2D eigenvalue weighted by molar-refractivity contribution is -0.195. The first kappa shape index (κ1) is 10.6. The Morgan fingerprint density at radius 3 is 2.73 bits per heavy atom. The van der Waals surface area contributed by atoms with E-state index in [0.29, 0.717) is 32.5 Å². The standard InChI is InChI=1S/C10H14O5/c1-13-9(12)7-6-10(3-2-8(7)11)14-4-5-15-10/h7H,2-6H2,1H3. The molecule has 1 saturated heterocycles. The van der Waals surface area contributed by atoms with Gasteiger partial charge in [0.25, 0.3) is 0 Å². The molecule has 5 nitrogen and oxygen atoms in total. The van der Waals surface area contributed by atoms with Crippen molar-refractivity contribution in [1.29, 1.82) is 0 Å². The van der Waals surface area contributed by atoms with E-state index in [1.54, 1.807) is 0 Å². The molecule has 1 heterocycles. The smallest absolute Gasteiger partial charge is 0.316 e. The molecule has 0 aromatic carbocycles. The summed E-state index contributed by atoms with van der Waals surface area (Å²) in [5.74, 6) is -2.00. The Labute approximate surface area is 87.7 Å². The van der Waals surface area contributed by atoms with Crippen LogP contribution in [0.5, 0.6) is 0 Å². The Hall–Kier alpha value is -0.940. The molecule has 0 radical (unpaired) electrons. The molecular weight excluding hydrogens is 200 g/mol. The second-order valence-corrected chi connectivity index (χ2v) is 3.85. The molecule has 0 amide bonds. The molecule has 2 aliphatic rings. The highest BCUT2D eigenvalue weighted by molar-refractivity contribution is 5.99. The van der Waals surface area contributed by atoms with Crippen molar-refractivity contribution in [2.75, 3.05) is 20.3 Å². The highest BCUT2D eigenvalue weighted by Crippen LogP contribution is 2.37. The monoisotopic (exact) mass is 214 g/mol. The van der Waals surface area contributed by atoms with Gasteiger partial charge in [-0.2, -0.15) is 0 Å². The number of ether oxygens (including phenoxy) is 3. The van der Waals surface area contributed by atoms with Crippen LogP contribution in [-0.2, 0) is 23.8 Å². The first-order valence-electron chi connectivity index (χ1n) is 5.05. The lowest BCUT2D eigenvalue weighted by atomic mass is 9.83. The van der Waals surface area contributed by atoms with Gasteiger partial charge in [-0.3, -0.25) is 9.59 Å². The van der Waals surface area contributed by atoms with Crippen molar-refractivity contribution < 1.29 is 23.8 Å². The van der Waals surface area contributed by atoms with Crippen LogP contribution < -0.4 is 0 Å². The third-order valence-corrected chi connectivity index (χ3v) is 2.96. The summed E-state index contributed by atoms with van der Waals surface area (Å²) in [5, 5.41) is 0. The van der Waals surface area contributed by atoms with Gasteiger partial charge in [0.05, 0.1) is 20.3 Å². The molecule has 0 bridgehead atoms. The predicted octanol–water partition coefficient (Wildman–Crippen LogP) is 0.272. The van der Waals surface area contributed by atoms with Crippen molar-refractivity contribution >= 4 is 11.8 Å². The van der Waals surface area contributed by atoms with Crippen LogP contribution in [0.4, 0.5) is 0 Å². The predicted molar refractivity (Wildman–Crippen MR) is 49.0 cm³/mol. The molecule has 1 aliphatic heterocycles. The highest BCUT2D eigenvalue weighted by atomic mass is 16.7. The molecule has 1 aliphatic carbocycles. The van der Waals surface area contributed by atoms with Gasteiger partial charge in [-0.1, -0.05) is 0 Å². The van der Waals surface area contributed by atoms with Crippen molar-refractivity contribution in [3.8, 4) is 0 Å². The average molecular weight is 214 g/mol. The van der Waals surface area contributed by atoms with Crippen LogP contribution in [0.1, 0.15) is 19.3 Å². The molecule has 2 fully saturated rings. The number of hydrogen-bond donors (Lipinski definition) is 0. The lowest BCUT2D eigenvalue weighted by Crippen LogP contribution is -2.43. The third-order valence-electron chi connectivity index (χ3n) is 2.96. The molecule has 5 heteroatoms. The van der Waals surface area contributed by atoms with Crippen molar-refractivity contribution in [2.24, 2.45) is 5.92 Å². The van der Waals surface area contributed by atoms with E-state index in [2.05, 4.69) is 4.74 Å². The fourth-order valence-electron chi connectivity index (χ4n) is 2.13. The molecule has 1 atom stereocenters. The van der Waals surface area contributed by atoms with Crippen LogP contribution in [0.15, 0.2) is 0 Å². The lowest BCUT2D eigenvalue weighted by Gasteiger charge is -2.33. The minimum atomic E-state index is -0.721. The minimum absolute atomic E-state index is 0.0772. The molecule has 1 spiro atoms. The van der Waals surface area contributed by atoms with Crippen LogP contribution in [0.25, 0.3) is 0 Å². The van der Waals surface area contributed by atoms with E-state index >= 15 is 0 Å². The van der Waals surface area contributed by atoms with Crippen LogP contribution in [0, 0.1) is 5.92 Å². The maximum Gasteiger partial charge on any atom is 0.316 e. The zero-order chi connectivity index (χ0) is 10.9. The number of rotatable bonds is 1. The van der Waals surface area contributed by atoms with Gasteiger partial charge >= 0.3 is 5.97 Å². The van der Waals surface area contributed by atoms with Crippen molar-refractivity contribution in [3.63, 3.8) is 0 Å². The second-order valence-electron chi connectivity index (χ2n) is 3.85. The summed E-state index contributed by atoms with van der Waals surface area (Å²) < 4.78 is 15.5. The van der Waals surface area contributed by atoms with E-state index in [9.17, 15) is 9.59 Å². The number of methoxy groups -OCH3 is 1. The van der Waals surface area contributed by atoms with Gasteiger partial charge in [0, 0.05) is 19.3 Å². The van der Waals surface area contributed by atoms with Crippen molar-refractivity contribution in [1.82, 2.24) is 0 Å². The summed E-state index contributed by atoms with van der Waals surface area (Å²) >= 11 is 0. The largest absolute Gasteiger partial charge is 0.468 e. The molecule has 0 aromatic rings. The van der Waals surface area contributed by atoms with Gasteiger partial charge in [0.1, 0.15) is 11.7 Å². The van der Waals surface area contributed by atoms with Gasteiger partial charge in [-0.15, -0.1) is 0 Å². The number of carbonyl (C=O) groups is 2. The van der Waals surface area contributed by atoms with Gasteiger partial charge < -0.3 is 14.2 Å². The summed E-state index contributed by atoms with van der Waals surface area (Å²) in [6, 6.07) is 0. The van der Waals surface area contributed by atoms with Crippen molar-refractivity contribution in [2.45, 2.75) is 25.0 Å². The first-order valence-corrected chi connectivity index (χ1v) is 5.05. The topological polar surface area (TPSA) is 61.8 Å². The van der Waals surface area contributed by atoms with Crippen LogP contribution in [0.2, 0.25) is 0 Å². The van der Waals surface area contributed by atoms with E-state index in [-0.39, 0.29) is 5.78 Å². The van der Waals surface area contributed by atoms with Gasteiger partial charge in [-0.05, 0) is 0 Å². The Morgan fingerprint density at radius 1 is 1.47 bits per heavy atom. The SMILES string of the molecule is COC(=O)C1CC2(CCC1=O)OCCO2. The molecule has 0 aromatic heterocycles. The van der Waals surface area contributed by atoms with E-state index in [4.69, 9.17) is 9.47 Å².